The van der Waals surface area contributed by atoms with Gasteiger partial charge in [0.1, 0.15) is 5.82 Å². The second-order valence-corrected chi connectivity index (χ2v) is 6.50. The van der Waals surface area contributed by atoms with Crippen molar-refractivity contribution in [3.8, 4) is 0 Å². The van der Waals surface area contributed by atoms with Crippen LogP contribution < -0.4 is 5.32 Å². The molecule has 3 aromatic rings. The standard InChI is InChI=1S/C16H18ClN7/c17-13-3-1-12(2-4-13)11-23-9-7-14(8-10-23)18-15-5-6-16-19-21-22-24(16)20-15/h1-6,14H,7-11H2,(H,18,20). The second kappa shape index (κ2) is 6.70. The van der Waals surface area contributed by atoms with Gasteiger partial charge in [-0.3, -0.25) is 4.90 Å². The van der Waals surface area contributed by atoms with E-state index in [2.05, 4.69) is 43.0 Å². The number of anilines is 1. The Balaban J connectivity index is 1.31. The lowest BCUT2D eigenvalue weighted by Crippen LogP contribution is -2.38. The molecule has 8 heteroatoms. The molecule has 24 heavy (non-hydrogen) atoms. The van der Waals surface area contributed by atoms with Gasteiger partial charge in [0.25, 0.3) is 0 Å². The van der Waals surface area contributed by atoms with Crippen LogP contribution in [0.25, 0.3) is 5.65 Å². The highest BCUT2D eigenvalue weighted by Crippen LogP contribution is 2.18. The Bertz CT molecular complexity index is 809. The molecule has 0 amide bonds. The quantitative estimate of drug-likeness (QED) is 0.783. The molecular weight excluding hydrogens is 326 g/mol. The van der Waals surface area contributed by atoms with Crippen molar-refractivity contribution in [1.29, 1.82) is 0 Å². The summed E-state index contributed by atoms with van der Waals surface area (Å²) in [6.45, 7) is 3.10. The second-order valence-electron chi connectivity index (χ2n) is 6.07. The van der Waals surface area contributed by atoms with Crippen LogP contribution in [0, 0.1) is 0 Å². The minimum absolute atomic E-state index is 0.424. The first-order valence-electron chi connectivity index (χ1n) is 8.05. The third kappa shape index (κ3) is 3.47. The van der Waals surface area contributed by atoms with E-state index in [0.29, 0.717) is 11.7 Å². The molecular formula is C16H18ClN7. The van der Waals surface area contributed by atoms with E-state index in [1.165, 1.54) is 10.2 Å². The fourth-order valence-corrected chi connectivity index (χ4v) is 3.15. The van der Waals surface area contributed by atoms with E-state index in [1.807, 2.05) is 24.3 Å². The Labute approximate surface area is 144 Å². The van der Waals surface area contributed by atoms with Gasteiger partial charge in [0.2, 0.25) is 0 Å². The Hall–Kier alpha value is -2.25. The average molecular weight is 344 g/mol. The summed E-state index contributed by atoms with van der Waals surface area (Å²) in [6, 6.07) is 12.3. The SMILES string of the molecule is Clc1ccc(CN2CCC(Nc3ccc4nnnn4n3)CC2)cc1. The number of halogens is 1. The van der Waals surface area contributed by atoms with Crippen LogP contribution in [-0.2, 0) is 6.54 Å². The van der Waals surface area contributed by atoms with Gasteiger partial charge in [-0.2, -0.15) is 0 Å². The Morgan fingerprint density at radius 3 is 2.67 bits per heavy atom. The lowest BCUT2D eigenvalue weighted by molar-refractivity contribution is 0.211. The maximum atomic E-state index is 5.94. The summed E-state index contributed by atoms with van der Waals surface area (Å²) in [5.74, 6) is 0.811. The molecule has 0 saturated carbocycles. The van der Waals surface area contributed by atoms with Gasteiger partial charge in [-0.1, -0.05) is 23.7 Å². The van der Waals surface area contributed by atoms with Crippen LogP contribution in [0.3, 0.4) is 0 Å². The predicted octanol–water partition coefficient (Wildman–Crippen LogP) is 2.25. The molecule has 1 aromatic carbocycles. The summed E-state index contributed by atoms with van der Waals surface area (Å²) in [5, 5.41) is 19.9. The summed E-state index contributed by atoms with van der Waals surface area (Å²) in [6.07, 6.45) is 2.17. The zero-order valence-corrected chi connectivity index (χ0v) is 13.9. The van der Waals surface area contributed by atoms with Crippen LogP contribution in [0.1, 0.15) is 18.4 Å². The Morgan fingerprint density at radius 2 is 1.88 bits per heavy atom. The maximum Gasteiger partial charge on any atom is 0.200 e. The lowest BCUT2D eigenvalue weighted by Gasteiger charge is -2.32. The number of fused-ring (bicyclic) bond motifs is 1. The first-order valence-corrected chi connectivity index (χ1v) is 8.43. The number of hydrogen-bond acceptors (Lipinski definition) is 6. The number of hydrogen-bond donors (Lipinski definition) is 1. The highest BCUT2D eigenvalue weighted by Gasteiger charge is 2.19. The molecule has 1 saturated heterocycles. The smallest absolute Gasteiger partial charge is 0.200 e. The van der Waals surface area contributed by atoms with E-state index >= 15 is 0 Å². The zero-order chi connectivity index (χ0) is 16.4. The number of nitrogens with one attached hydrogen (secondary N) is 1. The number of piperidine rings is 1. The first kappa shape index (κ1) is 15.3. The Kier molecular flexibility index (Phi) is 4.27. The van der Waals surface area contributed by atoms with Crippen molar-refractivity contribution in [2.75, 3.05) is 18.4 Å². The molecule has 1 N–H and O–H groups in total. The van der Waals surface area contributed by atoms with Crippen molar-refractivity contribution in [3.05, 3.63) is 47.0 Å². The first-order chi connectivity index (χ1) is 11.8. The van der Waals surface area contributed by atoms with E-state index in [0.717, 1.165) is 43.3 Å². The minimum Gasteiger partial charge on any atom is -0.366 e. The van der Waals surface area contributed by atoms with Crippen molar-refractivity contribution >= 4 is 23.1 Å². The maximum absolute atomic E-state index is 5.94. The Morgan fingerprint density at radius 1 is 1.08 bits per heavy atom. The summed E-state index contributed by atoms with van der Waals surface area (Å²) < 4.78 is 1.44. The molecule has 4 rings (SSSR count). The van der Waals surface area contributed by atoms with Crippen molar-refractivity contribution in [3.63, 3.8) is 0 Å². The van der Waals surface area contributed by atoms with Gasteiger partial charge >= 0.3 is 0 Å². The van der Waals surface area contributed by atoms with Gasteiger partial charge < -0.3 is 5.32 Å². The normalized spacial score (nSPS) is 16.5. The van der Waals surface area contributed by atoms with Gasteiger partial charge in [-0.25, -0.2) is 0 Å². The summed E-state index contributed by atoms with van der Waals surface area (Å²) in [4.78, 5) is 2.47. The van der Waals surface area contributed by atoms with E-state index < -0.39 is 0 Å². The predicted molar refractivity (Wildman–Crippen MR) is 92.0 cm³/mol. The van der Waals surface area contributed by atoms with Crippen LogP contribution in [0.2, 0.25) is 5.02 Å². The number of tetrazole rings is 1. The average Bonchev–Trinajstić information content (AvgIpc) is 3.06. The molecule has 0 spiro atoms. The van der Waals surface area contributed by atoms with Gasteiger partial charge in [0.05, 0.1) is 0 Å². The van der Waals surface area contributed by atoms with E-state index in [4.69, 9.17) is 11.6 Å². The number of benzene rings is 1. The highest BCUT2D eigenvalue weighted by atomic mass is 35.5. The molecule has 0 unspecified atom stereocenters. The fourth-order valence-electron chi connectivity index (χ4n) is 3.02. The van der Waals surface area contributed by atoms with Crippen LogP contribution in [0.5, 0.6) is 0 Å². The topological polar surface area (TPSA) is 71.2 Å². The van der Waals surface area contributed by atoms with E-state index in [9.17, 15) is 0 Å². The third-order valence-corrected chi connectivity index (χ3v) is 4.58. The fraction of sp³-hybridized carbons (Fsp3) is 0.375. The van der Waals surface area contributed by atoms with Crippen LogP contribution in [0.4, 0.5) is 5.82 Å². The largest absolute Gasteiger partial charge is 0.366 e. The van der Waals surface area contributed by atoms with Crippen molar-refractivity contribution in [1.82, 2.24) is 30.2 Å². The van der Waals surface area contributed by atoms with E-state index in [-0.39, 0.29) is 0 Å². The number of likely N-dealkylation sites (tertiary alicyclic amines) is 1. The molecule has 124 valence electrons. The van der Waals surface area contributed by atoms with Gasteiger partial charge in [0, 0.05) is 30.7 Å². The third-order valence-electron chi connectivity index (χ3n) is 4.33. The molecule has 7 nitrogen and oxygen atoms in total. The summed E-state index contributed by atoms with van der Waals surface area (Å²) >= 11 is 5.94. The molecule has 0 radical (unpaired) electrons. The molecule has 2 aromatic heterocycles. The van der Waals surface area contributed by atoms with Crippen molar-refractivity contribution in [2.45, 2.75) is 25.4 Å². The van der Waals surface area contributed by atoms with Crippen molar-refractivity contribution < 1.29 is 0 Å². The van der Waals surface area contributed by atoms with Crippen molar-refractivity contribution in [2.24, 2.45) is 0 Å². The molecule has 1 aliphatic rings. The summed E-state index contributed by atoms with van der Waals surface area (Å²) in [7, 11) is 0. The molecule has 1 fully saturated rings. The minimum atomic E-state index is 0.424. The van der Waals surface area contributed by atoms with Crippen LogP contribution in [0.15, 0.2) is 36.4 Å². The summed E-state index contributed by atoms with van der Waals surface area (Å²) in [5.41, 5.74) is 1.95. The molecule has 3 heterocycles. The molecule has 0 bridgehead atoms. The highest BCUT2D eigenvalue weighted by molar-refractivity contribution is 6.30. The number of nitrogens with zero attached hydrogens (tertiary/aromatic N) is 6. The zero-order valence-electron chi connectivity index (χ0n) is 13.1. The monoisotopic (exact) mass is 343 g/mol. The molecule has 0 aliphatic carbocycles. The lowest BCUT2D eigenvalue weighted by atomic mass is 10.0. The van der Waals surface area contributed by atoms with E-state index in [1.54, 1.807) is 0 Å². The number of aromatic nitrogens is 5. The van der Waals surface area contributed by atoms with Crippen LogP contribution >= 0.6 is 11.6 Å². The van der Waals surface area contributed by atoms with Crippen LogP contribution in [-0.4, -0.2) is 49.3 Å². The van der Waals surface area contributed by atoms with Gasteiger partial charge in [-0.05, 0) is 53.1 Å². The molecule has 0 atom stereocenters. The molecule has 1 aliphatic heterocycles. The van der Waals surface area contributed by atoms with Gasteiger partial charge in [-0.15, -0.1) is 14.8 Å². The number of rotatable bonds is 4. The van der Waals surface area contributed by atoms with Gasteiger partial charge in [0.15, 0.2) is 5.65 Å².